The zero-order chi connectivity index (χ0) is 8.59. The van der Waals surface area contributed by atoms with Crippen LogP contribution in [0.2, 0.25) is 0 Å². The van der Waals surface area contributed by atoms with Crippen molar-refractivity contribution in [2.45, 2.75) is 30.9 Å². The van der Waals surface area contributed by atoms with Gasteiger partial charge in [0.25, 0.3) is 0 Å². The molecule has 0 aliphatic carbocycles. The lowest BCUT2D eigenvalue weighted by Crippen LogP contribution is -2.57. The standard InChI is InChI=1S/C5H10O6/c6-1-2(7)4(9)11-5(10)3(1)8/h1-10H/t1?,2-,3?,4-,5+/m1/s1. The molecule has 1 rings (SSSR count). The third-order valence-electron chi connectivity index (χ3n) is 1.56. The van der Waals surface area contributed by atoms with E-state index < -0.39 is 30.9 Å². The van der Waals surface area contributed by atoms with Gasteiger partial charge in [-0.25, -0.2) is 0 Å². The van der Waals surface area contributed by atoms with E-state index in [9.17, 15) is 0 Å². The molecule has 1 heterocycles. The first-order valence-corrected chi connectivity index (χ1v) is 3.10. The number of aliphatic hydroxyl groups excluding tert-OH is 5. The summed E-state index contributed by atoms with van der Waals surface area (Å²) in [4.78, 5) is 0. The molecule has 1 saturated heterocycles. The molecule has 5 N–H and O–H groups in total. The fourth-order valence-corrected chi connectivity index (χ4v) is 0.843. The van der Waals surface area contributed by atoms with Gasteiger partial charge in [0.2, 0.25) is 0 Å². The van der Waals surface area contributed by atoms with Crippen molar-refractivity contribution in [2.75, 3.05) is 0 Å². The Morgan fingerprint density at radius 2 is 1.00 bits per heavy atom. The van der Waals surface area contributed by atoms with Crippen LogP contribution in [0.25, 0.3) is 0 Å². The second-order valence-electron chi connectivity index (χ2n) is 2.39. The lowest BCUT2D eigenvalue weighted by Gasteiger charge is -2.35. The normalized spacial score (nSPS) is 52.6. The molecule has 2 unspecified atom stereocenters. The van der Waals surface area contributed by atoms with E-state index in [2.05, 4.69) is 4.74 Å². The van der Waals surface area contributed by atoms with Crippen LogP contribution in [0.1, 0.15) is 0 Å². The van der Waals surface area contributed by atoms with Gasteiger partial charge in [-0.2, -0.15) is 0 Å². The summed E-state index contributed by atoms with van der Waals surface area (Å²) in [6, 6.07) is 0. The van der Waals surface area contributed by atoms with Crippen molar-refractivity contribution in [1.82, 2.24) is 0 Å². The minimum atomic E-state index is -1.66. The van der Waals surface area contributed by atoms with Gasteiger partial charge in [0.1, 0.15) is 18.3 Å². The molecule has 1 fully saturated rings. The van der Waals surface area contributed by atoms with Gasteiger partial charge in [0.15, 0.2) is 12.6 Å². The maximum absolute atomic E-state index is 8.89. The first-order chi connectivity index (χ1) is 5.04. The van der Waals surface area contributed by atoms with E-state index in [1.54, 1.807) is 0 Å². The van der Waals surface area contributed by atoms with E-state index in [0.717, 1.165) is 0 Å². The SMILES string of the molecule is OC1C(O)[C@@H](O)O[C@@H](O)[C@@H]1O. The fraction of sp³-hybridized carbons (Fsp3) is 1.00. The molecule has 0 amide bonds. The molecule has 0 aromatic carbocycles. The molecule has 0 radical (unpaired) electrons. The van der Waals surface area contributed by atoms with Gasteiger partial charge in [0.05, 0.1) is 0 Å². The molecule has 0 aromatic heterocycles. The molecule has 1 aliphatic rings. The molecule has 11 heavy (non-hydrogen) atoms. The Labute approximate surface area is 62.3 Å². The zero-order valence-corrected chi connectivity index (χ0v) is 5.53. The highest BCUT2D eigenvalue weighted by Crippen LogP contribution is 2.17. The zero-order valence-electron chi connectivity index (χ0n) is 5.53. The minimum absolute atomic E-state index is 1.59. The Kier molecular flexibility index (Phi) is 2.43. The minimum Gasteiger partial charge on any atom is -0.387 e. The monoisotopic (exact) mass is 166 g/mol. The first-order valence-electron chi connectivity index (χ1n) is 3.10. The van der Waals surface area contributed by atoms with Gasteiger partial charge in [-0.3, -0.25) is 0 Å². The second-order valence-corrected chi connectivity index (χ2v) is 2.39. The summed E-state index contributed by atoms with van der Waals surface area (Å²) in [6.07, 6.45) is -8.10. The maximum Gasteiger partial charge on any atom is 0.186 e. The molecule has 0 spiro atoms. The average Bonchev–Trinajstić information content (AvgIpc) is 1.97. The molecular weight excluding hydrogens is 156 g/mol. The highest BCUT2D eigenvalue weighted by Gasteiger charge is 2.42. The Bertz CT molecular complexity index is 125. The van der Waals surface area contributed by atoms with Crippen LogP contribution in [0.4, 0.5) is 0 Å². The Morgan fingerprint density at radius 1 is 0.636 bits per heavy atom. The van der Waals surface area contributed by atoms with Crippen molar-refractivity contribution in [3.63, 3.8) is 0 Å². The third-order valence-corrected chi connectivity index (χ3v) is 1.56. The van der Waals surface area contributed by atoms with Crippen LogP contribution in [0.15, 0.2) is 0 Å². The Hall–Kier alpha value is -0.240. The molecular formula is C5H10O6. The van der Waals surface area contributed by atoms with Crippen LogP contribution in [-0.2, 0) is 4.74 Å². The summed E-state index contributed by atoms with van der Waals surface area (Å²) < 4.78 is 4.23. The number of ether oxygens (including phenoxy) is 1. The topological polar surface area (TPSA) is 110 Å². The molecule has 0 bridgehead atoms. The molecule has 0 saturated carbocycles. The Balaban J connectivity index is 2.63. The summed E-state index contributed by atoms with van der Waals surface area (Å²) in [5.74, 6) is 0. The van der Waals surface area contributed by atoms with Gasteiger partial charge >= 0.3 is 0 Å². The summed E-state index contributed by atoms with van der Waals surface area (Å²) in [6.45, 7) is 0. The predicted molar refractivity (Wildman–Crippen MR) is 31.1 cm³/mol. The van der Waals surface area contributed by atoms with E-state index in [1.807, 2.05) is 0 Å². The molecule has 1 aliphatic heterocycles. The highest BCUT2D eigenvalue weighted by atomic mass is 16.7. The van der Waals surface area contributed by atoms with Crippen molar-refractivity contribution in [1.29, 1.82) is 0 Å². The van der Waals surface area contributed by atoms with E-state index in [-0.39, 0.29) is 0 Å². The van der Waals surface area contributed by atoms with Gasteiger partial charge in [0, 0.05) is 0 Å². The molecule has 6 heteroatoms. The van der Waals surface area contributed by atoms with Gasteiger partial charge in [-0.15, -0.1) is 0 Å². The van der Waals surface area contributed by atoms with Crippen LogP contribution in [0.3, 0.4) is 0 Å². The first kappa shape index (κ1) is 8.85. The van der Waals surface area contributed by atoms with Crippen molar-refractivity contribution in [3.05, 3.63) is 0 Å². The third kappa shape index (κ3) is 1.51. The lowest BCUT2D eigenvalue weighted by atomic mass is 10.0. The van der Waals surface area contributed by atoms with Crippen LogP contribution in [0.5, 0.6) is 0 Å². The maximum atomic E-state index is 8.89. The highest BCUT2D eigenvalue weighted by molar-refractivity contribution is 4.83. The fourth-order valence-electron chi connectivity index (χ4n) is 0.843. The van der Waals surface area contributed by atoms with Crippen LogP contribution >= 0.6 is 0 Å². The van der Waals surface area contributed by atoms with Crippen LogP contribution < -0.4 is 0 Å². The lowest BCUT2D eigenvalue weighted by molar-refractivity contribution is -0.328. The summed E-state index contributed by atoms with van der Waals surface area (Å²) in [7, 11) is 0. The number of hydrogen-bond acceptors (Lipinski definition) is 6. The van der Waals surface area contributed by atoms with E-state index in [4.69, 9.17) is 25.5 Å². The van der Waals surface area contributed by atoms with Gasteiger partial charge in [-0.1, -0.05) is 0 Å². The van der Waals surface area contributed by atoms with E-state index in [0.29, 0.717) is 0 Å². The van der Waals surface area contributed by atoms with E-state index in [1.165, 1.54) is 0 Å². The van der Waals surface area contributed by atoms with Gasteiger partial charge in [-0.05, 0) is 0 Å². The van der Waals surface area contributed by atoms with Crippen molar-refractivity contribution >= 4 is 0 Å². The molecule has 0 aromatic rings. The van der Waals surface area contributed by atoms with Crippen molar-refractivity contribution in [2.24, 2.45) is 0 Å². The predicted octanol–water partition coefficient (Wildman–Crippen LogP) is -3.26. The molecule has 6 nitrogen and oxygen atoms in total. The average molecular weight is 166 g/mol. The quantitative estimate of drug-likeness (QED) is 0.258. The van der Waals surface area contributed by atoms with Crippen LogP contribution in [-0.4, -0.2) is 56.4 Å². The largest absolute Gasteiger partial charge is 0.387 e. The summed E-state index contributed by atoms with van der Waals surface area (Å²) >= 11 is 0. The Morgan fingerprint density at radius 3 is 1.36 bits per heavy atom. The second kappa shape index (κ2) is 3.02. The molecule has 66 valence electrons. The summed E-state index contributed by atoms with van der Waals surface area (Å²) in [5.41, 5.74) is 0. The smallest absolute Gasteiger partial charge is 0.186 e. The number of rotatable bonds is 0. The van der Waals surface area contributed by atoms with Crippen molar-refractivity contribution < 1.29 is 30.3 Å². The number of hydrogen-bond donors (Lipinski definition) is 5. The summed E-state index contributed by atoms with van der Waals surface area (Å²) in [5, 5.41) is 44.0. The van der Waals surface area contributed by atoms with E-state index >= 15 is 0 Å². The number of aliphatic hydroxyl groups is 5. The van der Waals surface area contributed by atoms with Crippen LogP contribution in [0, 0.1) is 0 Å². The molecule has 5 atom stereocenters. The van der Waals surface area contributed by atoms with Crippen molar-refractivity contribution in [3.8, 4) is 0 Å². The van der Waals surface area contributed by atoms with Gasteiger partial charge < -0.3 is 30.3 Å².